The average Bonchev–Trinajstić information content (AvgIpc) is 3.22. The Morgan fingerprint density at radius 3 is 2.44 bits per heavy atom. The number of aryl methyl sites for hydroxylation is 1. The molecule has 7 nitrogen and oxygen atoms in total. The van der Waals surface area contributed by atoms with E-state index in [1.54, 1.807) is 13.0 Å². The summed E-state index contributed by atoms with van der Waals surface area (Å²) in [4.78, 5) is 35.1. The number of non-ortho nitro benzene ring substituents is 1. The fourth-order valence-electron chi connectivity index (χ4n) is 4.76. The summed E-state index contributed by atoms with van der Waals surface area (Å²) < 4.78 is 0. The number of allylic oxidation sites excluding steroid dienone is 2. The van der Waals surface area contributed by atoms with Crippen LogP contribution in [-0.4, -0.2) is 21.9 Å². The number of benzene rings is 1. The lowest BCUT2D eigenvalue weighted by atomic mass is 9.82. The number of nitrogens with one attached hydrogen (secondary N) is 1. The molecule has 0 heterocycles. The Labute approximate surface area is 143 Å². The summed E-state index contributed by atoms with van der Waals surface area (Å²) >= 11 is 0. The number of hydrogen-bond donors (Lipinski definition) is 2. The van der Waals surface area contributed by atoms with E-state index < -0.39 is 22.7 Å². The zero-order chi connectivity index (χ0) is 17.9. The van der Waals surface area contributed by atoms with Gasteiger partial charge in [0, 0.05) is 12.1 Å². The molecule has 0 unspecified atom stereocenters. The Morgan fingerprint density at radius 1 is 1.24 bits per heavy atom. The van der Waals surface area contributed by atoms with E-state index in [0.29, 0.717) is 11.3 Å². The third-order valence-corrected chi connectivity index (χ3v) is 6.12. The standard InChI is InChI=1S/C18H18N2O5/c1-9-2-3-10(20(24)25)8-13(9)19-16(21)14-11-4-5-12(15(14)17(22)23)18(11)6-7-18/h2-5,8,11-12,14-15H,6-7H2,1H3,(H,19,21)(H,22,23)/t11-,12-,14-,15-/m0/s1. The van der Waals surface area contributed by atoms with Crippen LogP contribution in [0.25, 0.3) is 0 Å². The maximum Gasteiger partial charge on any atom is 0.307 e. The second-order valence-electron chi connectivity index (χ2n) is 7.31. The van der Waals surface area contributed by atoms with Crippen molar-refractivity contribution in [3.63, 3.8) is 0 Å². The summed E-state index contributed by atoms with van der Waals surface area (Å²) in [5, 5.41) is 23.3. The fraction of sp³-hybridized carbons (Fsp3) is 0.444. The third kappa shape index (κ3) is 2.18. The molecule has 0 aromatic heterocycles. The highest BCUT2D eigenvalue weighted by Crippen LogP contribution is 2.72. The van der Waals surface area contributed by atoms with Gasteiger partial charge in [0.05, 0.1) is 22.4 Å². The maximum atomic E-state index is 12.9. The highest BCUT2D eigenvalue weighted by atomic mass is 16.6. The molecule has 2 N–H and O–H groups in total. The molecule has 4 rings (SSSR count). The largest absolute Gasteiger partial charge is 0.481 e. The molecule has 0 radical (unpaired) electrons. The van der Waals surface area contributed by atoms with E-state index in [-0.39, 0.29) is 28.8 Å². The smallest absolute Gasteiger partial charge is 0.307 e. The van der Waals surface area contributed by atoms with Crippen molar-refractivity contribution in [1.82, 2.24) is 0 Å². The normalized spacial score (nSPS) is 30.4. The molecule has 0 aliphatic heterocycles. The number of carbonyl (C=O) groups is 2. The number of carboxylic acid groups (broad SMARTS) is 1. The minimum atomic E-state index is -0.945. The maximum absolute atomic E-state index is 12.9. The first kappa shape index (κ1) is 15.8. The SMILES string of the molecule is Cc1ccc([N+](=O)[O-])cc1NC(=O)[C@@H]1[C@@H](C(=O)O)[C@@H]2C=C[C@@H]1C21CC1. The molecule has 0 saturated heterocycles. The van der Waals surface area contributed by atoms with Crippen LogP contribution in [0.4, 0.5) is 11.4 Å². The van der Waals surface area contributed by atoms with E-state index in [9.17, 15) is 24.8 Å². The number of rotatable bonds is 4. The predicted molar refractivity (Wildman–Crippen MR) is 88.9 cm³/mol. The Bertz CT molecular complexity index is 827. The number of hydrogen-bond acceptors (Lipinski definition) is 4. The van der Waals surface area contributed by atoms with E-state index in [1.165, 1.54) is 12.1 Å². The van der Waals surface area contributed by atoms with Crippen LogP contribution in [-0.2, 0) is 9.59 Å². The minimum Gasteiger partial charge on any atom is -0.481 e. The Hall–Kier alpha value is -2.70. The lowest BCUT2D eigenvalue weighted by molar-refractivity contribution is -0.384. The molecule has 2 fully saturated rings. The van der Waals surface area contributed by atoms with Gasteiger partial charge in [-0.25, -0.2) is 0 Å². The first-order valence-electron chi connectivity index (χ1n) is 8.32. The fourth-order valence-corrected chi connectivity index (χ4v) is 4.76. The number of nitro benzene ring substituents is 1. The topological polar surface area (TPSA) is 110 Å². The first-order chi connectivity index (χ1) is 11.8. The number of carbonyl (C=O) groups excluding carboxylic acids is 1. The summed E-state index contributed by atoms with van der Waals surface area (Å²) in [5.41, 5.74) is 0.899. The van der Waals surface area contributed by atoms with Gasteiger partial charge in [0.25, 0.3) is 5.69 Å². The van der Waals surface area contributed by atoms with Crippen LogP contribution < -0.4 is 5.32 Å². The summed E-state index contributed by atoms with van der Waals surface area (Å²) in [6, 6.07) is 4.27. The Kier molecular flexibility index (Phi) is 3.25. The number of anilines is 1. The molecule has 25 heavy (non-hydrogen) atoms. The van der Waals surface area contributed by atoms with E-state index in [4.69, 9.17) is 0 Å². The van der Waals surface area contributed by atoms with Gasteiger partial charge in [0.15, 0.2) is 0 Å². The van der Waals surface area contributed by atoms with Crippen molar-refractivity contribution in [2.75, 3.05) is 5.32 Å². The summed E-state index contributed by atoms with van der Waals surface area (Å²) in [5.74, 6) is -2.81. The van der Waals surface area contributed by atoms with Crippen molar-refractivity contribution in [2.45, 2.75) is 19.8 Å². The zero-order valence-corrected chi connectivity index (χ0v) is 13.6. The second-order valence-corrected chi connectivity index (χ2v) is 7.31. The van der Waals surface area contributed by atoms with Crippen LogP contribution in [0.5, 0.6) is 0 Å². The van der Waals surface area contributed by atoms with Crippen molar-refractivity contribution in [1.29, 1.82) is 0 Å². The van der Waals surface area contributed by atoms with Gasteiger partial charge in [0.2, 0.25) is 5.91 Å². The molecule has 7 heteroatoms. The monoisotopic (exact) mass is 342 g/mol. The quantitative estimate of drug-likeness (QED) is 0.497. The molecule has 1 aromatic carbocycles. The Balaban J connectivity index is 1.63. The van der Waals surface area contributed by atoms with E-state index in [1.807, 2.05) is 12.2 Å². The summed E-state index contributed by atoms with van der Waals surface area (Å²) in [7, 11) is 0. The van der Waals surface area contributed by atoms with Gasteiger partial charge in [-0.2, -0.15) is 0 Å². The molecule has 4 atom stereocenters. The summed E-state index contributed by atoms with van der Waals surface area (Å²) in [6.45, 7) is 1.75. The molecule has 130 valence electrons. The highest BCUT2D eigenvalue weighted by molar-refractivity contribution is 5.97. The van der Waals surface area contributed by atoms with Gasteiger partial charge < -0.3 is 10.4 Å². The number of carboxylic acids is 1. The number of aliphatic carboxylic acids is 1. The van der Waals surface area contributed by atoms with Crippen LogP contribution in [0.15, 0.2) is 30.4 Å². The Morgan fingerprint density at radius 2 is 1.88 bits per heavy atom. The molecule has 2 saturated carbocycles. The van der Waals surface area contributed by atoms with Gasteiger partial charge in [-0.3, -0.25) is 19.7 Å². The molecule has 1 amide bonds. The highest BCUT2D eigenvalue weighted by Gasteiger charge is 2.70. The molecular formula is C18H18N2O5. The van der Waals surface area contributed by atoms with Crippen molar-refractivity contribution in [3.05, 3.63) is 46.0 Å². The lowest BCUT2D eigenvalue weighted by Crippen LogP contribution is -2.36. The van der Waals surface area contributed by atoms with Crippen molar-refractivity contribution in [2.24, 2.45) is 29.1 Å². The van der Waals surface area contributed by atoms with E-state index in [0.717, 1.165) is 12.8 Å². The molecule has 3 aliphatic rings. The zero-order valence-electron chi connectivity index (χ0n) is 13.6. The van der Waals surface area contributed by atoms with Gasteiger partial charge >= 0.3 is 5.97 Å². The van der Waals surface area contributed by atoms with E-state index >= 15 is 0 Å². The van der Waals surface area contributed by atoms with Gasteiger partial charge in [-0.15, -0.1) is 0 Å². The van der Waals surface area contributed by atoms with Crippen molar-refractivity contribution < 1.29 is 19.6 Å². The second kappa shape index (κ2) is 5.15. The van der Waals surface area contributed by atoms with Crippen LogP contribution in [0.3, 0.4) is 0 Å². The van der Waals surface area contributed by atoms with Gasteiger partial charge in [0.1, 0.15) is 0 Å². The lowest BCUT2D eigenvalue weighted by Gasteiger charge is -2.24. The van der Waals surface area contributed by atoms with Crippen LogP contribution in [0, 0.1) is 46.1 Å². The number of amides is 1. The van der Waals surface area contributed by atoms with Gasteiger partial charge in [-0.05, 0) is 42.6 Å². The van der Waals surface area contributed by atoms with Crippen molar-refractivity contribution >= 4 is 23.3 Å². The third-order valence-electron chi connectivity index (χ3n) is 6.12. The molecule has 3 aliphatic carbocycles. The van der Waals surface area contributed by atoms with Crippen LogP contribution in [0.2, 0.25) is 0 Å². The van der Waals surface area contributed by atoms with Crippen molar-refractivity contribution in [3.8, 4) is 0 Å². The van der Waals surface area contributed by atoms with Crippen LogP contribution in [0.1, 0.15) is 18.4 Å². The number of nitrogens with zero attached hydrogens (tertiary/aromatic N) is 1. The van der Waals surface area contributed by atoms with Crippen LogP contribution >= 0.6 is 0 Å². The molecule has 2 bridgehead atoms. The average molecular weight is 342 g/mol. The van der Waals surface area contributed by atoms with E-state index in [2.05, 4.69) is 5.32 Å². The molecule has 1 aromatic rings. The minimum absolute atomic E-state index is 0.0528. The number of nitro groups is 1. The molecule has 1 spiro atoms. The predicted octanol–water partition coefficient (Wildman–Crippen LogP) is 2.75. The first-order valence-corrected chi connectivity index (χ1v) is 8.32. The molecular weight excluding hydrogens is 324 g/mol. The van der Waals surface area contributed by atoms with Gasteiger partial charge in [-0.1, -0.05) is 18.2 Å². The summed E-state index contributed by atoms with van der Waals surface area (Å²) in [6.07, 6.45) is 5.86.